The van der Waals surface area contributed by atoms with Crippen molar-refractivity contribution < 1.29 is 62.6 Å². The van der Waals surface area contributed by atoms with Gasteiger partial charge < -0.3 is 65.4 Å². The summed E-state index contributed by atoms with van der Waals surface area (Å²) < 4.78 is 6.50. The van der Waals surface area contributed by atoms with Gasteiger partial charge in [-0.25, -0.2) is 0 Å². The van der Waals surface area contributed by atoms with E-state index in [1.165, 1.54) is 102 Å². The topological polar surface area (TPSA) is 288 Å². The lowest BCUT2D eigenvalue weighted by molar-refractivity contribution is -0.158. The highest BCUT2D eigenvalue weighted by Crippen LogP contribution is 2.33. The zero-order valence-electron chi connectivity index (χ0n) is 56.5. The van der Waals surface area contributed by atoms with E-state index in [4.69, 9.17) is 4.74 Å². The fourth-order valence-corrected chi connectivity index (χ4v) is 11.5. The van der Waals surface area contributed by atoms with Crippen molar-refractivity contribution in [3.63, 3.8) is 0 Å². The lowest BCUT2D eigenvalue weighted by Crippen LogP contribution is -2.63. The fraction of sp³-hybridized carbons (Fsp3) is 0.823. The second-order valence-electron chi connectivity index (χ2n) is 27.1. The molecule has 2 rings (SSSR count). The van der Waals surface area contributed by atoms with Crippen LogP contribution < -0.4 is 21.3 Å². The van der Waals surface area contributed by atoms with E-state index in [0.29, 0.717) is 12.8 Å². The summed E-state index contributed by atoms with van der Waals surface area (Å²) in [6.07, 6.45) is 0.308. The molecule has 24 heteroatoms. The molecule has 2 aliphatic heterocycles. The van der Waals surface area contributed by atoms with Gasteiger partial charge in [-0.15, -0.1) is 0 Å². The fourth-order valence-electron chi connectivity index (χ4n) is 11.5. The maximum Gasteiger partial charge on any atom is 0.246 e. The number of carbonyl (C=O) groups excluding carboxylic acids is 11. The Morgan fingerprint density at radius 3 is 1.42 bits per heavy atom. The van der Waals surface area contributed by atoms with E-state index in [2.05, 4.69) is 21.3 Å². The lowest BCUT2D eigenvalue weighted by atomic mass is 9.92. The molecular formula is C62H111N11O13. The molecule has 0 aliphatic carbocycles. The zero-order chi connectivity index (χ0) is 66.5. The Kier molecular flexibility index (Phi) is 29.1. The van der Waals surface area contributed by atoms with Gasteiger partial charge >= 0.3 is 0 Å². The number of likely N-dealkylation sites (N-methyl/N-ethyl adjacent to an activating group) is 7. The molecule has 5 N–H and O–H groups in total. The van der Waals surface area contributed by atoms with Gasteiger partial charge in [0.2, 0.25) is 65.0 Å². The molecule has 2 fully saturated rings. The predicted octanol–water partition coefficient (Wildman–Crippen LogP) is 2.62. The van der Waals surface area contributed by atoms with E-state index in [0.717, 1.165) is 9.80 Å². The summed E-state index contributed by atoms with van der Waals surface area (Å²) in [7, 11) is 9.97. The van der Waals surface area contributed by atoms with Gasteiger partial charge in [0.15, 0.2) is 0 Å². The van der Waals surface area contributed by atoms with Crippen LogP contribution in [-0.4, -0.2) is 238 Å². The number of amides is 11. The summed E-state index contributed by atoms with van der Waals surface area (Å²) >= 11 is 0. The summed E-state index contributed by atoms with van der Waals surface area (Å²) in [5.74, 6) is -9.21. The Balaban J connectivity index is 2.98. The molecule has 0 aromatic carbocycles. The van der Waals surface area contributed by atoms with Crippen LogP contribution in [0.25, 0.3) is 0 Å². The van der Waals surface area contributed by atoms with Crippen molar-refractivity contribution in [3.05, 3.63) is 0 Å². The van der Waals surface area contributed by atoms with Crippen LogP contribution in [0.5, 0.6) is 0 Å². The number of rotatable bonds is 13. The minimum absolute atomic E-state index is 0.0504. The Labute approximate surface area is 513 Å². The Bertz CT molecular complexity index is 2380. The zero-order valence-corrected chi connectivity index (χ0v) is 56.5. The molecule has 0 radical (unpaired) electrons. The molecule has 492 valence electrons. The van der Waals surface area contributed by atoms with Crippen molar-refractivity contribution in [1.82, 2.24) is 55.6 Å². The first-order valence-corrected chi connectivity index (χ1v) is 31.0. The van der Waals surface area contributed by atoms with E-state index >= 15 is 14.4 Å². The minimum atomic E-state index is -1.53. The maximum atomic E-state index is 15.3. The average Bonchev–Trinajstić information content (AvgIpc) is 1.59. The monoisotopic (exact) mass is 1220 g/mol. The SMILES string of the molecule is CCC1C[C@@H](C)[C@H]([C@H]2C(=O)N[C@@H](CC)C(=O)N(C)CC(=O)N(C)[C@@H](CC(C)(C)O)C(=O)N[C@@H](C(C)C)C(=O)N(C)[C@@H](CC(C)C)C(=O)N[C@@H](C)C(=O)N[C@H](C)C(=O)N(C)[C@@H](CC(C)C)C(=O)N(C)[C@@H](CC(C)C)C(=O)N(C)[C@@H](C(C)C)C(=O)N2C)O1. The third-order valence-electron chi connectivity index (χ3n) is 16.7. The molecule has 0 spiro atoms. The van der Waals surface area contributed by atoms with Crippen LogP contribution in [0.1, 0.15) is 163 Å². The molecular weight excluding hydrogens is 1110 g/mol. The number of nitrogens with one attached hydrogen (secondary N) is 4. The van der Waals surface area contributed by atoms with Crippen molar-refractivity contribution in [2.24, 2.45) is 35.5 Å². The van der Waals surface area contributed by atoms with Gasteiger partial charge in [-0.3, -0.25) is 52.7 Å². The number of nitrogens with zero attached hydrogens (tertiary/aromatic N) is 7. The van der Waals surface area contributed by atoms with Gasteiger partial charge in [-0.1, -0.05) is 90.0 Å². The maximum absolute atomic E-state index is 15.3. The molecule has 0 aromatic heterocycles. The average molecular weight is 1220 g/mol. The van der Waals surface area contributed by atoms with Gasteiger partial charge in [0.05, 0.1) is 24.4 Å². The molecule has 13 atom stereocenters. The summed E-state index contributed by atoms with van der Waals surface area (Å²) in [5.41, 5.74) is -1.53. The summed E-state index contributed by atoms with van der Waals surface area (Å²) in [6, 6.07) is -12.3. The number of carbonyl (C=O) groups is 11. The van der Waals surface area contributed by atoms with Crippen LogP contribution in [0.4, 0.5) is 0 Å². The molecule has 1 unspecified atom stereocenters. The predicted molar refractivity (Wildman–Crippen MR) is 328 cm³/mol. The number of aliphatic hydroxyl groups is 1. The van der Waals surface area contributed by atoms with Gasteiger partial charge in [0.1, 0.15) is 60.4 Å². The van der Waals surface area contributed by atoms with Crippen LogP contribution in [0.2, 0.25) is 0 Å². The van der Waals surface area contributed by atoms with Gasteiger partial charge in [-0.05, 0) is 102 Å². The Morgan fingerprint density at radius 1 is 0.500 bits per heavy atom. The number of hydrogen-bond donors (Lipinski definition) is 5. The highest BCUT2D eigenvalue weighted by Gasteiger charge is 2.48. The molecule has 11 amide bonds. The van der Waals surface area contributed by atoms with Crippen molar-refractivity contribution >= 4 is 65.0 Å². The first kappa shape index (κ1) is 76.2. The van der Waals surface area contributed by atoms with Crippen LogP contribution in [-0.2, 0) is 57.5 Å². The van der Waals surface area contributed by atoms with E-state index in [1.54, 1.807) is 34.6 Å². The van der Waals surface area contributed by atoms with Gasteiger partial charge in [-0.2, -0.15) is 0 Å². The molecule has 0 saturated carbocycles. The molecule has 0 bridgehead atoms. The molecule has 2 saturated heterocycles. The van der Waals surface area contributed by atoms with E-state index in [-0.39, 0.29) is 61.9 Å². The first-order chi connectivity index (χ1) is 39.6. The summed E-state index contributed by atoms with van der Waals surface area (Å²) in [4.78, 5) is 169. The Morgan fingerprint density at radius 2 is 0.965 bits per heavy atom. The van der Waals surface area contributed by atoms with Crippen LogP contribution in [0.3, 0.4) is 0 Å². The van der Waals surface area contributed by atoms with Gasteiger partial charge in [0.25, 0.3) is 0 Å². The van der Waals surface area contributed by atoms with E-state index in [1.807, 2.05) is 55.4 Å². The van der Waals surface area contributed by atoms with E-state index < -0.39 is 155 Å². The lowest BCUT2D eigenvalue weighted by Gasteiger charge is -2.41. The van der Waals surface area contributed by atoms with Crippen LogP contribution in [0, 0.1) is 35.5 Å². The van der Waals surface area contributed by atoms with Gasteiger partial charge in [0, 0.05) is 55.8 Å². The molecule has 86 heavy (non-hydrogen) atoms. The number of hydrogen-bond acceptors (Lipinski definition) is 13. The summed E-state index contributed by atoms with van der Waals surface area (Å²) in [6.45, 7) is 28.9. The molecule has 0 aromatic rings. The van der Waals surface area contributed by atoms with Crippen LogP contribution >= 0.6 is 0 Å². The highest BCUT2D eigenvalue weighted by atomic mass is 16.5. The van der Waals surface area contributed by atoms with Crippen molar-refractivity contribution in [3.8, 4) is 0 Å². The third kappa shape index (κ3) is 20.3. The van der Waals surface area contributed by atoms with Crippen molar-refractivity contribution in [1.29, 1.82) is 0 Å². The van der Waals surface area contributed by atoms with Crippen molar-refractivity contribution in [2.45, 2.75) is 241 Å². The highest BCUT2D eigenvalue weighted by molar-refractivity contribution is 5.99. The van der Waals surface area contributed by atoms with E-state index in [9.17, 15) is 43.5 Å². The van der Waals surface area contributed by atoms with Crippen LogP contribution in [0.15, 0.2) is 0 Å². The standard InChI is InChI=1S/C62H111N11O13/c1-25-41-30-38(13)51(86-41)50-55(78)65-42(26-2)57(80)67(18)32-47(74)68(19)46(31-62(16,17)85)54(77)66-48(36(9)10)60(83)69(20)43(27-33(3)4)53(76)63-39(14)52(75)64-40(15)56(79)70(21)44(28-34(5)6)58(81)71(22)45(29-35(7)8)59(82)72(23)49(37(11)12)61(84)73(50)24/h33-46,48-51,85H,25-32H2,1-24H3,(H,63,76)(H,64,75)(H,65,78)(H,66,77)/t38-,39+,40-,41?,42+,43+,44+,45+,46+,48+,49+,50+,51-/m1/s1. The molecule has 24 nitrogen and oxygen atoms in total. The first-order valence-electron chi connectivity index (χ1n) is 31.0. The second kappa shape index (κ2) is 32.9. The normalized spacial score (nSPS) is 29.5. The summed E-state index contributed by atoms with van der Waals surface area (Å²) in [5, 5.41) is 22.1. The molecule has 2 aliphatic rings. The van der Waals surface area contributed by atoms with Crippen molar-refractivity contribution in [2.75, 3.05) is 55.9 Å². The smallest absolute Gasteiger partial charge is 0.246 e. The minimum Gasteiger partial charge on any atom is -0.390 e. The number of ether oxygens (including phenoxy) is 1. The Hall–Kier alpha value is -5.91. The third-order valence-corrected chi connectivity index (χ3v) is 16.7. The largest absolute Gasteiger partial charge is 0.390 e. The second-order valence-corrected chi connectivity index (χ2v) is 27.1. The molecule has 2 heterocycles. The quantitative estimate of drug-likeness (QED) is 0.178.